The van der Waals surface area contributed by atoms with E-state index in [0.717, 1.165) is 31.4 Å². The highest BCUT2D eigenvalue weighted by Gasteiger charge is 2.46. The van der Waals surface area contributed by atoms with Crippen LogP contribution in [0.15, 0.2) is 124 Å². The van der Waals surface area contributed by atoms with Gasteiger partial charge in [0.25, 0.3) is 0 Å². The highest BCUT2D eigenvalue weighted by molar-refractivity contribution is 7.83. The minimum atomic E-state index is -0.419. The molecule has 0 aliphatic heterocycles. The molecule has 0 saturated heterocycles. The molecule has 0 heterocycles. The van der Waals surface area contributed by atoms with Crippen molar-refractivity contribution in [1.29, 1.82) is 0 Å². The number of hydrogen-bond donors (Lipinski definition) is 3. The van der Waals surface area contributed by atoms with Gasteiger partial charge in [-0.15, -0.1) is 37.9 Å². The molecule has 3 heteroatoms. The van der Waals surface area contributed by atoms with E-state index in [9.17, 15) is 0 Å². The molecule has 0 spiro atoms. The van der Waals surface area contributed by atoms with Gasteiger partial charge < -0.3 is 0 Å². The lowest BCUT2D eigenvalue weighted by molar-refractivity contribution is 0.768. The largest absolute Gasteiger partial charge is 0.143 e. The Bertz CT molecular complexity index is 1500. The van der Waals surface area contributed by atoms with Crippen molar-refractivity contribution in [3.8, 4) is 22.3 Å². The number of rotatable bonds is 3. The summed E-state index contributed by atoms with van der Waals surface area (Å²) in [5.74, 6) is 0. The molecule has 0 fully saturated rings. The molecule has 0 saturated carbocycles. The van der Waals surface area contributed by atoms with Crippen molar-refractivity contribution in [2.24, 2.45) is 0 Å². The van der Waals surface area contributed by atoms with Crippen LogP contribution in [0.2, 0.25) is 0 Å². The third kappa shape index (κ3) is 3.33. The van der Waals surface area contributed by atoms with E-state index >= 15 is 0 Å². The van der Waals surface area contributed by atoms with E-state index in [2.05, 4.69) is 123 Å². The molecule has 1 aliphatic carbocycles. The lowest BCUT2D eigenvalue weighted by Crippen LogP contribution is -2.28. The summed E-state index contributed by atoms with van der Waals surface area (Å²) in [7, 11) is 0. The van der Waals surface area contributed by atoms with E-state index in [0.29, 0.717) is 0 Å². The molecule has 0 bridgehead atoms. The summed E-state index contributed by atoms with van der Waals surface area (Å²) >= 11 is 14.3. The van der Waals surface area contributed by atoms with Crippen LogP contribution in [0.4, 0.5) is 0 Å². The fourth-order valence-electron chi connectivity index (χ4n) is 5.69. The molecule has 35 heavy (non-hydrogen) atoms. The van der Waals surface area contributed by atoms with Crippen LogP contribution in [0.5, 0.6) is 0 Å². The van der Waals surface area contributed by atoms with Crippen LogP contribution in [0, 0.1) is 6.92 Å². The van der Waals surface area contributed by atoms with E-state index in [-0.39, 0.29) is 0 Å². The monoisotopic (exact) mass is 504 g/mol. The molecular formula is C32H24S3. The molecule has 170 valence electrons. The van der Waals surface area contributed by atoms with Crippen molar-refractivity contribution in [2.45, 2.75) is 27.0 Å². The maximum Gasteiger partial charge on any atom is 0.0713 e. The van der Waals surface area contributed by atoms with E-state index < -0.39 is 5.41 Å². The Labute approximate surface area is 223 Å². The minimum absolute atomic E-state index is 0.419. The zero-order chi connectivity index (χ0) is 24.2. The first-order valence-electron chi connectivity index (χ1n) is 11.6. The standard InChI is InChI=1S/C32H24S3/c1-20-28(33)19-29(34)31(35)30(20)21-16-17-25-24-14-8-9-15-26(24)32(27(25)18-21,22-10-4-2-5-11-22)23-12-6-3-7-13-23/h2-19,33-35H,1H3. The van der Waals surface area contributed by atoms with Gasteiger partial charge in [0.2, 0.25) is 0 Å². The van der Waals surface area contributed by atoms with E-state index in [4.69, 9.17) is 25.3 Å². The Morgan fingerprint density at radius 1 is 0.543 bits per heavy atom. The second-order valence-corrected chi connectivity index (χ2v) is 10.5. The van der Waals surface area contributed by atoms with Crippen molar-refractivity contribution in [1.82, 2.24) is 0 Å². The Kier molecular flexibility index (Phi) is 5.60. The van der Waals surface area contributed by atoms with Gasteiger partial charge in [-0.05, 0) is 63.6 Å². The summed E-state index contributed by atoms with van der Waals surface area (Å²) in [6, 6.07) is 39.4. The Morgan fingerprint density at radius 3 is 1.77 bits per heavy atom. The topological polar surface area (TPSA) is 0 Å². The minimum Gasteiger partial charge on any atom is -0.143 e. The van der Waals surface area contributed by atoms with Crippen molar-refractivity contribution in [3.05, 3.63) is 137 Å². The Morgan fingerprint density at radius 2 is 1.11 bits per heavy atom. The van der Waals surface area contributed by atoms with Crippen molar-refractivity contribution < 1.29 is 0 Å². The predicted molar refractivity (Wildman–Crippen MR) is 156 cm³/mol. The van der Waals surface area contributed by atoms with Gasteiger partial charge in [0.1, 0.15) is 0 Å². The Balaban J connectivity index is 1.75. The zero-order valence-corrected chi connectivity index (χ0v) is 21.9. The van der Waals surface area contributed by atoms with Gasteiger partial charge in [-0.1, -0.05) is 97.1 Å². The van der Waals surface area contributed by atoms with Crippen LogP contribution >= 0.6 is 37.9 Å². The van der Waals surface area contributed by atoms with Gasteiger partial charge in [0, 0.05) is 20.2 Å². The predicted octanol–water partition coefficient (Wildman–Crippen LogP) is 8.89. The van der Waals surface area contributed by atoms with Crippen LogP contribution in [-0.4, -0.2) is 0 Å². The molecule has 0 unspecified atom stereocenters. The average molecular weight is 505 g/mol. The molecule has 0 nitrogen and oxygen atoms in total. The summed E-state index contributed by atoms with van der Waals surface area (Å²) in [4.78, 5) is 2.63. The van der Waals surface area contributed by atoms with Crippen molar-refractivity contribution in [3.63, 3.8) is 0 Å². The second-order valence-electron chi connectivity index (χ2n) is 9.05. The van der Waals surface area contributed by atoms with Crippen LogP contribution in [-0.2, 0) is 5.41 Å². The zero-order valence-electron chi connectivity index (χ0n) is 19.2. The third-order valence-corrected chi connectivity index (χ3v) is 8.72. The number of benzene rings is 5. The first kappa shape index (κ1) is 22.6. The molecule has 5 aromatic rings. The fourth-order valence-corrected chi connectivity index (χ4v) is 6.64. The fraction of sp³-hybridized carbons (Fsp3) is 0.0625. The summed E-state index contributed by atoms with van der Waals surface area (Å²) in [5.41, 5.74) is 10.6. The highest BCUT2D eigenvalue weighted by Crippen LogP contribution is 2.57. The second kappa shape index (κ2) is 8.67. The van der Waals surface area contributed by atoms with Gasteiger partial charge in [0.05, 0.1) is 5.41 Å². The normalized spacial score (nSPS) is 13.4. The number of thiol groups is 3. The first-order chi connectivity index (χ1) is 17.0. The first-order valence-corrected chi connectivity index (χ1v) is 13.0. The number of hydrogen-bond acceptors (Lipinski definition) is 3. The summed E-state index contributed by atoms with van der Waals surface area (Å²) in [5, 5.41) is 0. The van der Waals surface area contributed by atoms with Gasteiger partial charge in [0.15, 0.2) is 0 Å². The van der Waals surface area contributed by atoms with E-state index in [1.165, 1.54) is 33.4 Å². The van der Waals surface area contributed by atoms with Crippen LogP contribution in [0.3, 0.4) is 0 Å². The van der Waals surface area contributed by atoms with Gasteiger partial charge in [-0.3, -0.25) is 0 Å². The maximum atomic E-state index is 4.87. The molecule has 0 aromatic heterocycles. The lowest BCUT2D eigenvalue weighted by atomic mass is 9.67. The molecule has 0 N–H and O–H groups in total. The Hall–Kier alpha value is -2.85. The highest BCUT2D eigenvalue weighted by atomic mass is 32.1. The molecular weight excluding hydrogens is 481 g/mol. The van der Waals surface area contributed by atoms with Crippen LogP contribution < -0.4 is 0 Å². The van der Waals surface area contributed by atoms with E-state index in [1.807, 2.05) is 6.07 Å². The maximum absolute atomic E-state index is 4.87. The molecule has 6 rings (SSSR count). The van der Waals surface area contributed by atoms with Crippen molar-refractivity contribution in [2.75, 3.05) is 0 Å². The molecule has 0 amide bonds. The summed E-state index contributed by atoms with van der Waals surface area (Å²) in [6.45, 7) is 2.11. The van der Waals surface area contributed by atoms with Gasteiger partial charge in [-0.25, -0.2) is 0 Å². The number of fused-ring (bicyclic) bond motifs is 3. The average Bonchev–Trinajstić information content (AvgIpc) is 3.19. The molecule has 5 aromatic carbocycles. The lowest BCUT2D eigenvalue weighted by Gasteiger charge is -2.34. The molecule has 0 radical (unpaired) electrons. The van der Waals surface area contributed by atoms with Crippen molar-refractivity contribution >= 4 is 37.9 Å². The van der Waals surface area contributed by atoms with Crippen LogP contribution in [0.25, 0.3) is 22.3 Å². The SMILES string of the molecule is Cc1c(S)cc(S)c(S)c1-c1ccc2c(c1)C(c1ccccc1)(c1ccccc1)c1ccccc1-2. The molecule has 0 atom stereocenters. The van der Waals surface area contributed by atoms with Crippen LogP contribution in [0.1, 0.15) is 27.8 Å². The summed E-state index contributed by atoms with van der Waals surface area (Å²) < 4.78 is 0. The van der Waals surface area contributed by atoms with E-state index in [1.54, 1.807) is 0 Å². The summed E-state index contributed by atoms with van der Waals surface area (Å²) in [6.07, 6.45) is 0. The quantitative estimate of drug-likeness (QED) is 0.197. The molecule has 1 aliphatic rings. The smallest absolute Gasteiger partial charge is 0.0713 e. The van der Waals surface area contributed by atoms with Gasteiger partial charge in [-0.2, -0.15) is 0 Å². The third-order valence-electron chi connectivity index (χ3n) is 7.26. The van der Waals surface area contributed by atoms with Gasteiger partial charge >= 0.3 is 0 Å².